The molecule has 30 heavy (non-hydrogen) atoms. The first kappa shape index (κ1) is 19.5. The quantitative estimate of drug-likeness (QED) is 0.380. The monoisotopic (exact) mass is 417 g/mol. The first-order chi connectivity index (χ1) is 14.5. The number of amides is 1. The molecule has 7 nitrogen and oxygen atoms in total. The number of carbonyl (C=O) groups excluding carboxylic acids is 2. The lowest BCUT2D eigenvalue weighted by Gasteiger charge is -2.07. The summed E-state index contributed by atoms with van der Waals surface area (Å²) in [5.41, 5.74) is 1.96. The molecule has 4 aromatic rings. The fraction of sp³-hybridized carbons (Fsp3) is 0.0909. The lowest BCUT2D eigenvalue weighted by Crippen LogP contribution is -2.20. The summed E-state index contributed by atoms with van der Waals surface area (Å²) in [6.45, 7) is 1.43. The highest BCUT2D eigenvalue weighted by Crippen LogP contribution is 2.19. The largest absolute Gasteiger partial charge is 0.324 e. The standard InChI is InChI=1S/C22H19N5O2S/c1-16(28)18-10-7-11-19(14-18)23-20(29)15-26-22(30)27(25-12-5-6-13-25)21(24-26)17-8-3-2-4-9-17/h2-14H,15H2,1H3,(H,23,29). The van der Waals surface area contributed by atoms with E-state index >= 15 is 0 Å². The molecule has 0 aliphatic heterocycles. The van der Waals surface area contributed by atoms with Crippen LogP contribution in [0.25, 0.3) is 11.4 Å². The predicted octanol–water partition coefficient (Wildman–Crippen LogP) is 4.04. The molecular weight excluding hydrogens is 398 g/mol. The molecular formula is C22H19N5O2S. The summed E-state index contributed by atoms with van der Waals surface area (Å²) in [5, 5.41) is 7.40. The van der Waals surface area contributed by atoms with Crippen molar-refractivity contribution in [3.8, 4) is 11.4 Å². The van der Waals surface area contributed by atoms with Crippen LogP contribution in [0.3, 0.4) is 0 Å². The van der Waals surface area contributed by atoms with E-state index < -0.39 is 0 Å². The highest BCUT2D eigenvalue weighted by atomic mass is 32.1. The van der Waals surface area contributed by atoms with Crippen LogP contribution in [0.4, 0.5) is 5.69 Å². The first-order valence-electron chi connectivity index (χ1n) is 9.33. The zero-order chi connectivity index (χ0) is 21.1. The molecule has 0 atom stereocenters. The van der Waals surface area contributed by atoms with Crippen molar-refractivity contribution in [2.24, 2.45) is 0 Å². The third-order valence-corrected chi connectivity index (χ3v) is 4.90. The number of hydrogen-bond acceptors (Lipinski definition) is 4. The fourth-order valence-corrected chi connectivity index (χ4v) is 3.38. The van der Waals surface area contributed by atoms with Crippen molar-refractivity contribution in [2.75, 3.05) is 5.32 Å². The van der Waals surface area contributed by atoms with Crippen molar-refractivity contribution in [2.45, 2.75) is 13.5 Å². The summed E-state index contributed by atoms with van der Waals surface area (Å²) in [6.07, 6.45) is 3.73. The van der Waals surface area contributed by atoms with Crippen LogP contribution in [0.15, 0.2) is 79.1 Å². The van der Waals surface area contributed by atoms with Gasteiger partial charge in [0.2, 0.25) is 10.7 Å². The van der Waals surface area contributed by atoms with E-state index in [1.165, 1.54) is 11.6 Å². The van der Waals surface area contributed by atoms with Gasteiger partial charge in [0, 0.05) is 29.2 Å². The molecule has 1 amide bonds. The molecule has 8 heteroatoms. The first-order valence-corrected chi connectivity index (χ1v) is 9.73. The topological polar surface area (TPSA) is 73.8 Å². The average Bonchev–Trinajstić information content (AvgIpc) is 3.37. The van der Waals surface area contributed by atoms with Crippen molar-refractivity contribution in [1.82, 2.24) is 19.1 Å². The zero-order valence-electron chi connectivity index (χ0n) is 16.2. The average molecular weight is 417 g/mol. The van der Waals surface area contributed by atoms with E-state index in [1.54, 1.807) is 28.9 Å². The SMILES string of the molecule is CC(=O)c1cccc(NC(=O)Cn2nc(-c3ccccc3)n(-n3cccc3)c2=S)c1. The molecule has 0 aliphatic rings. The Balaban J connectivity index is 1.65. The van der Waals surface area contributed by atoms with Gasteiger partial charge in [-0.1, -0.05) is 42.5 Å². The van der Waals surface area contributed by atoms with Gasteiger partial charge in [0.1, 0.15) is 6.54 Å². The van der Waals surface area contributed by atoms with Crippen LogP contribution in [0.5, 0.6) is 0 Å². The number of aromatic nitrogens is 4. The molecule has 2 aromatic heterocycles. The maximum absolute atomic E-state index is 12.6. The minimum atomic E-state index is -0.288. The number of benzene rings is 2. The highest BCUT2D eigenvalue weighted by molar-refractivity contribution is 7.71. The molecule has 0 unspecified atom stereocenters. The number of hydrogen-bond donors (Lipinski definition) is 1. The van der Waals surface area contributed by atoms with Gasteiger partial charge in [-0.05, 0) is 43.4 Å². The Morgan fingerprint density at radius 3 is 2.43 bits per heavy atom. The molecule has 0 saturated carbocycles. The third kappa shape index (κ3) is 3.99. The summed E-state index contributed by atoms with van der Waals surface area (Å²) in [4.78, 5) is 24.2. The molecule has 0 aliphatic carbocycles. The Bertz CT molecular complexity index is 1260. The van der Waals surface area contributed by atoms with E-state index in [0.717, 1.165) is 5.56 Å². The Kier molecular flexibility index (Phi) is 5.40. The summed E-state index contributed by atoms with van der Waals surface area (Å²) >= 11 is 5.62. The lowest BCUT2D eigenvalue weighted by atomic mass is 10.1. The summed E-state index contributed by atoms with van der Waals surface area (Å²) < 4.78 is 5.47. The van der Waals surface area contributed by atoms with E-state index in [0.29, 0.717) is 21.8 Å². The second kappa shape index (κ2) is 8.30. The summed E-state index contributed by atoms with van der Waals surface area (Å²) in [7, 11) is 0. The van der Waals surface area contributed by atoms with Gasteiger partial charge in [-0.3, -0.25) is 14.3 Å². The van der Waals surface area contributed by atoms with E-state index in [9.17, 15) is 9.59 Å². The van der Waals surface area contributed by atoms with Crippen LogP contribution in [0.2, 0.25) is 0 Å². The predicted molar refractivity (Wildman–Crippen MR) is 117 cm³/mol. The smallest absolute Gasteiger partial charge is 0.246 e. The van der Waals surface area contributed by atoms with Crippen LogP contribution in [0.1, 0.15) is 17.3 Å². The molecule has 0 saturated heterocycles. The van der Waals surface area contributed by atoms with Gasteiger partial charge in [-0.2, -0.15) is 0 Å². The Labute approximate surface area is 178 Å². The zero-order valence-corrected chi connectivity index (χ0v) is 17.0. The van der Waals surface area contributed by atoms with E-state index in [-0.39, 0.29) is 18.2 Å². The molecule has 2 heterocycles. The van der Waals surface area contributed by atoms with Crippen LogP contribution in [-0.4, -0.2) is 30.8 Å². The molecule has 0 radical (unpaired) electrons. The van der Waals surface area contributed by atoms with E-state index in [4.69, 9.17) is 12.2 Å². The number of nitrogens with zero attached hydrogens (tertiary/aromatic N) is 4. The van der Waals surface area contributed by atoms with E-state index in [2.05, 4.69) is 10.4 Å². The van der Waals surface area contributed by atoms with Crippen molar-refractivity contribution in [3.05, 3.63) is 89.5 Å². The van der Waals surface area contributed by atoms with Crippen LogP contribution < -0.4 is 5.32 Å². The van der Waals surface area contributed by atoms with Gasteiger partial charge >= 0.3 is 0 Å². The van der Waals surface area contributed by atoms with Gasteiger partial charge in [0.25, 0.3) is 0 Å². The second-order valence-electron chi connectivity index (χ2n) is 6.69. The van der Waals surface area contributed by atoms with E-state index in [1.807, 2.05) is 59.5 Å². The van der Waals surface area contributed by atoms with Gasteiger partial charge < -0.3 is 5.32 Å². The second-order valence-corrected chi connectivity index (χ2v) is 7.06. The van der Waals surface area contributed by atoms with Crippen molar-refractivity contribution < 1.29 is 9.59 Å². The molecule has 4 rings (SSSR count). The molecule has 0 bridgehead atoms. The number of nitrogens with one attached hydrogen (secondary N) is 1. The molecule has 0 fully saturated rings. The highest BCUT2D eigenvalue weighted by Gasteiger charge is 2.16. The number of ketones is 1. The molecule has 2 aromatic carbocycles. The number of carbonyl (C=O) groups is 2. The Hall–Kier alpha value is -3.78. The van der Waals surface area contributed by atoms with Gasteiger partial charge in [0.15, 0.2) is 11.6 Å². The minimum Gasteiger partial charge on any atom is -0.324 e. The molecule has 0 spiro atoms. The van der Waals surface area contributed by atoms with Crippen LogP contribution in [-0.2, 0) is 11.3 Å². The van der Waals surface area contributed by atoms with Crippen molar-refractivity contribution >= 4 is 29.6 Å². The van der Waals surface area contributed by atoms with Crippen molar-refractivity contribution in [1.29, 1.82) is 0 Å². The third-order valence-electron chi connectivity index (χ3n) is 4.52. The fourth-order valence-electron chi connectivity index (χ4n) is 3.09. The van der Waals surface area contributed by atoms with Gasteiger partial charge in [-0.25, -0.2) is 9.36 Å². The maximum Gasteiger partial charge on any atom is 0.246 e. The lowest BCUT2D eigenvalue weighted by molar-refractivity contribution is -0.116. The summed E-state index contributed by atoms with van der Waals surface area (Å²) in [5.74, 6) is 0.276. The normalized spacial score (nSPS) is 10.7. The Morgan fingerprint density at radius 1 is 1.00 bits per heavy atom. The number of Topliss-reactive ketones (excluding diaryl/α,β-unsaturated/α-hetero) is 1. The summed E-state index contributed by atoms with van der Waals surface area (Å²) in [6, 6.07) is 20.3. The van der Waals surface area contributed by atoms with Crippen LogP contribution in [0, 0.1) is 4.77 Å². The number of rotatable bonds is 6. The van der Waals surface area contributed by atoms with Crippen LogP contribution >= 0.6 is 12.2 Å². The van der Waals surface area contributed by atoms with Gasteiger partial charge in [-0.15, -0.1) is 5.10 Å². The maximum atomic E-state index is 12.6. The van der Waals surface area contributed by atoms with Crippen molar-refractivity contribution in [3.63, 3.8) is 0 Å². The van der Waals surface area contributed by atoms with Gasteiger partial charge in [0.05, 0.1) is 0 Å². The Morgan fingerprint density at radius 2 is 1.73 bits per heavy atom. The molecule has 1 N–H and O–H groups in total. The number of anilines is 1. The minimum absolute atomic E-state index is 0.0583. The molecule has 150 valence electrons.